The van der Waals surface area contributed by atoms with Crippen molar-refractivity contribution in [2.45, 2.75) is 17.2 Å². The highest BCUT2D eigenvalue weighted by molar-refractivity contribution is 9.10. The van der Waals surface area contributed by atoms with E-state index in [1.165, 1.54) is 11.8 Å². The molecule has 1 atom stereocenters. The number of thioether (sulfide) groups is 1. The summed E-state index contributed by atoms with van der Waals surface area (Å²) in [4.78, 5) is 17.7. The molecule has 34 heavy (non-hydrogen) atoms. The molecular weight excluding hydrogens is 530 g/mol. The van der Waals surface area contributed by atoms with Crippen LogP contribution in [0, 0.1) is 11.3 Å². The van der Waals surface area contributed by atoms with Crippen molar-refractivity contribution in [3.05, 3.63) is 100.0 Å². The van der Waals surface area contributed by atoms with Crippen LogP contribution >= 0.6 is 39.3 Å². The zero-order valence-electron chi connectivity index (χ0n) is 18.1. The third-order valence-electron chi connectivity index (χ3n) is 5.09. The normalized spacial score (nSPS) is 11.5. The zero-order valence-corrected chi connectivity index (χ0v) is 21.3. The molecule has 168 valence electrons. The fourth-order valence-electron chi connectivity index (χ4n) is 3.33. The Morgan fingerprint density at radius 1 is 1.03 bits per heavy atom. The first-order valence-electron chi connectivity index (χ1n) is 10.4. The van der Waals surface area contributed by atoms with Gasteiger partial charge in [0.2, 0.25) is 5.91 Å². The first-order valence-corrected chi connectivity index (χ1v) is 12.5. The number of carbonyl (C=O) groups excluding carboxylic acids is 1. The summed E-state index contributed by atoms with van der Waals surface area (Å²) < 4.78 is 0.934. The van der Waals surface area contributed by atoms with E-state index in [2.05, 4.69) is 27.3 Å². The van der Waals surface area contributed by atoms with Crippen LogP contribution in [-0.4, -0.2) is 16.1 Å². The molecule has 4 rings (SSSR count). The van der Waals surface area contributed by atoms with E-state index in [0.29, 0.717) is 27.0 Å². The average molecular weight is 549 g/mol. The lowest BCUT2D eigenvalue weighted by atomic mass is 9.99. The van der Waals surface area contributed by atoms with Gasteiger partial charge in [-0.25, -0.2) is 4.98 Å². The Morgan fingerprint density at radius 2 is 1.71 bits per heavy atom. The Morgan fingerprint density at radius 3 is 2.35 bits per heavy atom. The zero-order chi connectivity index (χ0) is 24.1. The van der Waals surface area contributed by atoms with Gasteiger partial charge in [-0.3, -0.25) is 4.79 Å². The van der Waals surface area contributed by atoms with E-state index < -0.39 is 5.25 Å². The van der Waals surface area contributed by atoms with Crippen molar-refractivity contribution in [2.75, 3.05) is 5.32 Å². The van der Waals surface area contributed by atoms with Gasteiger partial charge in [-0.15, -0.1) is 0 Å². The van der Waals surface area contributed by atoms with Gasteiger partial charge in [0, 0.05) is 26.3 Å². The molecule has 1 N–H and O–H groups in total. The molecule has 0 aliphatic carbocycles. The number of nitriles is 1. The number of nitrogens with zero attached hydrogens (tertiary/aromatic N) is 2. The molecule has 3 aromatic carbocycles. The summed E-state index contributed by atoms with van der Waals surface area (Å²) in [6.07, 6.45) is 0. The number of hydrogen-bond donors (Lipinski definition) is 1. The molecule has 1 unspecified atom stereocenters. The number of amides is 1. The molecule has 7 heteroatoms. The van der Waals surface area contributed by atoms with Gasteiger partial charge in [-0.2, -0.15) is 5.26 Å². The average Bonchev–Trinajstić information content (AvgIpc) is 2.86. The van der Waals surface area contributed by atoms with Crippen LogP contribution in [0.3, 0.4) is 0 Å². The Hall–Kier alpha value is -3.11. The summed E-state index contributed by atoms with van der Waals surface area (Å²) in [5.41, 5.74) is 4.40. The number of pyridine rings is 1. The van der Waals surface area contributed by atoms with Gasteiger partial charge < -0.3 is 5.32 Å². The third kappa shape index (κ3) is 5.68. The van der Waals surface area contributed by atoms with E-state index in [1.807, 2.05) is 72.8 Å². The summed E-state index contributed by atoms with van der Waals surface area (Å²) in [7, 11) is 0. The number of benzene rings is 3. The maximum atomic E-state index is 12.9. The highest BCUT2D eigenvalue weighted by atomic mass is 79.9. The largest absolute Gasteiger partial charge is 0.325 e. The smallest absolute Gasteiger partial charge is 0.237 e. The third-order valence-corrected chi connectivity index (χ3v) is 6.96. The van der Waals surface area contributed by atoms with E-state index in [1.54, 1.807) is 19.1 Å². The molecule has 0 saturated carbocycles. The minimum Gasteiger partial charge on any atom is -0.325 e. The molecule has 1 amide bonds. The quantitative estimate of drug-likeness (QED) is 0.249. The number of carbonyl (C=O) groups is 1. The summed E-state index contributed by atoms with van der Waals surface area (Å²) in [5, 5.41) is 13.6. The summed E-state index contributed by atoms with van der Waals surface area (Å²) >= 11 is 10.7. The first kappa shape index (κ1) is 24.0. The standard InChI is InChI=1S/C27H19BrClN3OS/c1-17(26(33)31-22-13-9-20(28)10-14-22)34-27-24(16-30)23(18-5-3-2-4-6-18)15-25(32-27)19-7-11-21(29)12-8-19/h2-15,17H,1H3,(H,31,33). The minimum absolute atomic E-state index is 0.170. The highest BCUT2D eigenvalue weighted by Crippen LogP contribution is 2.36. The van der Waals surface area contributed by atoms with Gasteiger partial charge in [0.15, 0.2) is 0 Å². The van der Waals surface area contributed by atoms with Crippen molar-refractivity contribution >= 4 is 50.9 Å². The molecule has 4 aromatic rings. The van der Waals surface area contributed by atoms with Crippen LogP contribution in [-0.2, 0) is 4.79 Å². The number of hydrogen-bond acceptors (Lipinski definition) is 4. The Labute approximate surface area is 216 Å². The van der Waals surface area contributed by atoms with E-state index in [0.717, 1.165) is 21.2 Å². The van der Waals surface area contributed by atoms with E-state index in [9.17, 15) is 10.1 Å². The minimum atomic E-state index is -0.479. The van der Waals surface area contributed by atoms with Crippen LogP contribution in [0.15, 0.2) is 94.4 Å². The van der Waals surface area contributed by atoms with Crippen LogP contribution in [0.25, 0.3) is 22.4 Å². The first-order chi connectivity index (χ1) is 16.4. The fraction of sp³-hybridized carbons (Fsp3) is 0.0741. The molecule has 0 radical (unpaired) electrons. The second kappa shape index (κ2) is 10.9. The van der Waals surface area contributed by atoms with Crippen molar-refractivity contribution in [1.82, 2.24) is 4.98 Å². The molecule has 0 spiro atoms. The highest BCUT2D eigenvalue weighted by Gasteiger charge is 2.21. The van der Waals surface area contributed by atoms with Gasteiger partial charge in [-0.05, 0) is 55.0 Å². The van der Waals surface area contributed by atoms with Gasteiger partial charge in [-0.1, -0.05) is 81.8 Å². The van der Waals surface area contributed by atoms with Crippen molar-refractivity contribution in [3.8, 4) is 28.5 Å². The lowest BCUT2D eigenvalue weighted by Gasteiger charge is -2.16. The maximum Gasteiger partial charge on any atom is 0.237 e. The van der Waals surface area contributed by atoms with Crippen LogP contribution < -0.4 is 5.32 Å². The van der Waals surface area contributed by atoms with E-state index in [4.69, 9.17) is 16.6 Å². The number of nitrogens with one attached hydrogen (secondary N) is 1. The molecule has 0 aliphatic rings. The van der Waals surface area contributed by atoms with Gasteiger partial charge in [0.1, 0.15) is 11.1 Å². The van der Waals surface area contributed by atoms with Gasteiger partial charge in [0.05, 0.1) is 16.5 Å². The van der Waals surface area contributed by atoms with Crippen molar-refractivity contribution in [1.29, 1.82) is 5.26 Å². The maximum absolute atomic E-state index is 12.9. The SMILES string of the molecule is CC(Sc1nc(-c2ccc(Cl)cc2)cc(-c2ccccc2)c1C#N)C(=O)Nc1ccc(Br)cc1. The van der Waals surface area contributed by atoms with Crippen molar-refractivity contribution in [2.24, 2.45) is 0 Å². The summed E-state index contributed by atoms with van der Waals surface area (Å²) in [5.74, 6) is -0.170. The van der Waals surface area contributed by atoms with E-state index >= 15 is 0 Å². The monoisotopic (exact) mass is 547 g/mol. The lowest BCUT2D eigenvalue weighted by molar-refractivity contribution is -0.115. The predicted octanol–water partition coefficient (Wildman–Crippen LogP) is 7.82. The molecular formula is C27H19BrClN3OS. The Kier molecular flexibility index (Phi) is 7.69. The van der Waals surface area contributed by atoms with Crippen LogP contribution in [0.5, 0.6) is 0 Å². The Balaban J connectivity index is 1.72. The van der Waals surface area contributed by atoms with Crippen molar-refractivity contribution in [3.63, 3.8) is 0 Å². The number of rotatable bonds is 6. The number of halogens is 2. The van der Waals surface area contributed by atoms with Crippen LogP contribution in [0.4, 0.5) is 5.69 Å². The molecule has 1 aromatic heterocycles. The fourth-order valence-corrected chi connectivity index (χ4v) is 4.64. The van der Waals surface area contributed by atoms with Crippen molar-refractivity contribution < 1.29 is 4.79 Å². The van der Waals surface area contributed by atoms with Crippen LogP contribution in [0.2, 0.25) is 5.02 Å². The molecule has 0 aliphatic heterocycles. The molecule has 4 nitrogen and oxygen atoms in total. The number of anilines is 1. The number of aromatic nitrogens is 1. The topological polar surface area (TPSA) is 65.8 Å². The summed E-state index contributed by atoms with van der Waals surface area (Å²) in [6, 6.07) is 28.7. The van der Waals surface area contributed by atoms with Crippen LogP contribution in [0.1, 0.15) is 12.5 Å². The second-order valence-electron chi connectivity index (χ2n) is 7.48. The molecule has 0 saturated heterocycles. The summed E-state index contributed by atoms with van der Waals surface area (Å²) in [6.45, 7) is 1.80. The molecule has 1 heterocycles. The lowest BCUT2D eigenvalue weighted by Crippen LogP contribution is -2.22. The predicted molar refractivity (Wildman–Crippen MR) is 143 cm³/mol. The van der Waals surface area contributed by atoms with Gasteiger partial charge in [0.25, 0.3) is 0 Å². The van der Waals surface area contributed by atoms with Gasteiger partial charge >= 0.3 is 0 Å². The Bertz CT molecular complexity index is 1350. The molecule has 0 fully saturated rings. The molecule has 0 bridgehead atoms. The second-order valence-corrected chi connectivity index (χ2v) is 10.2. The van der Waals surface area contributed by atoms with E-state index in [-0.39, 0.29) is 5.91 Å².